The summed E-state index contributed by atoms with van der Waals surface area (Å²) >= 11 is 0. The molecule has 1 aromatic carbocycles. The van der Waals surface area contributed by atoms with E-state index in [1.807, 2.05) is 0 Å². The van der Waals surface area contributed by atoms with Crippen molar-refractivity contribution in [3.05, 3.63) is 58.7 Å². The molecule has 0 saturated heterocycles. The predicted octanol–water partition coefficient (Wildman–Crippen LogP) is 4.43. The van der Waals surface area contributed by atoms with Crippen LogP contribution in [0.25, 0.3) is 0 Å². The summed E-state index contributed by atoms with van der Waals surface area (Å²) in [6.45, 7) is 5.07. The lowest BCUT2D eigenvalue weighted by Crippen LogP contribution is -2.32. The van der Waals surface area contributed by atoms with Gasteiger partial charge in [0.25, 0.3) is 6.43 Å². The van der Waals surface area contributed by atoms with Gasteiger partial charge in [0.2, 0.25) is 0 Å². The van der Waals surface area contributed by atoms with E-state index >= 15 is 0 Å². The lowest BCUT2D eigenvalue weighted by molar-refractivity contribution is 0.115. The third-order valence-corrected chi connectivity index (χ3v) is 3.54. The number of benzene rings is 1. The zero-order valence-electron chi connectivity index (χ0n) is 12.9. The lowest BCUT2D eigenvalue weighted by atomic mass is 9.98. The molecule has 0 aliphatic carbocycles. The fourth-order valence-electron chi connectivity index (χ4n) is 2.56. The Morgan fingerprint density at radius 3 is 2.57 bits per heavy atom. The molecule has 1 aliphatic rings. The number of alkyl halides is 2. The van der Waals surface area contributed by atoms with Crippen molar-refractivity contribution in [3.63, 3.8) is 0 Å². The van der Waals surface area contributed by atoms with Gasteiger partial charge in [0.1, 0.15) is 17.3 Å². The molecule has 0 saturated carbocycles. The first-order chi connectivity index (χ1) is 10.8. The van der Waals surface area contributed by atoms with Crippen LogP contribution in [0.1, 0.15) is 42.7 Å². The molecule has 0 spiro atoms. The van der Waals surface area contributed by atoms with Gasteiger partial charge >= 0.3 is 0 Å². The minimum absolute atomic E-state index is 0.250. The Morgan fingerprint density at radius 1 is 1.17 bits per heavy atom. The van der Waals surface area contributed by atoms with Crippen LogP contribution >= 0.6 is 0 Å². The van der Waals surface area contributed by atoms with Crippen molar-refractivity contribution in [1.82, 2.24) is 4.98 Å². The molecule has 0 radical (unpaired) electrons. The molecule has 120 valence electrons. The Hall–Kier alpha value is -2.37. The number of halogens is 3. The second kappa shape index (κ2) is 5.37. The van der Waals surface area contributed by atoms with Gasteiger partial charge in [-0.2, -0.15) is 0 Å². The predicted molar refractivity (Wildman–Crippen MR) is 80.7 cm³/mol. The number of fused-ring (bicyclic) bond motifs is 1. The number of aryl methyl sites for hydroxylation is 1. The molecular formula is C17H15F3N2O. The number of nitrogens with zero attached hydrogens (tertiary/aromatic N) is 2. The first kappa shape index (κ1) is 15.5. The number of hydrogen-bond donors (Lipinski definition) is 0. The van der Waals surface area contributed by atoms with E-state index in [2.05, 4.69) is 9.98 Å². The van der Waals surface area contributed by atoms with Gasteiger partial charge in [-0.25, -0.2) is 18.2 Å². The fourth-order valence-corrected chi connectivity index (χ4v) is 2.56. The molecule has 6 heteroatoms. The summed E-state index contributed by atoms with van der Waals surface area (Å²) in [5.74, 6) is -0.0428. The van der Waals surface area contributed by atoms with Crippen molar-refractivity contribution in [1.29, 1.82) is 0 Å². The maximum Gasteiger partial charge on any atom is 0.280 e. The summed E-state index contributed by atoms with van der Waals surface area (Å²) in [7, 11) is 0. The van der Waals surface area contributed by atoms with Gasteiger partial charge in [0.15, 0.2) is 5.72 Å². The van der Waals surface area contributed by atoms with Gasteiger partial charge in [-0.15, -0.1) is 0 Å². The van der Waals surface area contributed by atoms with Crippen LogP contribution in [0.4, 0.5) is 13.2 Å². The summed E-state index contributed by atoms with van der Waals surface area (Å²) in [6.07, 6.45) is -1.26. The molecule has 0 bridgehead atoms. The number of hydrogen-bond acceptors (Lipinski definition) is 3. The normalized spacial score (nSPS) is 15.9. The van der Waals surface area contributed by atoms with E-state index in [1.54, 1.807) is 32.9 Å². The van der Waals surface area contributed by atoms with Crippen molar-refractivity contribution in [2.24, 2.45) is 4.99 Å². The Bertz CT molecular complexity index is 800. The smallest absolute Gasteiger partial charge is 0.280 e. The number of aromatic nitrogens is 1. The molecular weight excluding hydrogens is 305 g/mol. The number of ether oxygens (including phenoxy) is 1. The summed E-state index contributed by atoms with van der Waals surface area (Å²) in [6, 6.07) is 5.78. The van der Waals surface area contributed by atoms with Crippen LogP contribution in [-0.4, -0.2) is 16.4 Å². The second-order valence-electron chi connectivity index (χ2n) is 5.88. The maximum atomic E-state index is 13.5. The van der Waals surface area contributed by atoms with E-state index in [9.17, 15) is 13.2 Å². The summed E-state index contributed by atoms with van der Waals surface area (Å²) in [5.41, 5.74) is 1.000. The highest BCUT2D eigenvalue weighted by atomic mass is 19.3. The van der Waals surface area contributed by atoms with Crippen LogP contribution in [0, 0.1) is 12.7 Å². The van der Waals surface area contributed by atoms with Crippen LogP contribution in [0.5, 0.6) is 5.75 Å². The van der Waals surface area contributed by atoms with Crippen LogP contribution in [0.2, 0.25) is 0 Å². The number of rotatable bonds is 2. The molecule has 3 rings (SSSR count). The van der Waals surface area contributed by atoms with E-state index in [1.165, 1.54) is 18.3 Å². The van der Waals surface area contributed by atoms with Crippen molar-refractivity contribution >= 4 is 5.71 Å². The molecule has 3 nitrogen and oxygen atoms in total. The lowest BCUT2D eigenvalue weighted by Gasteiger charge is -2.30. The minimum atomic E-state index is -2.63. The standard InChI is InChI=1S/C17H15F3N2O/c1-9-6-10(8-21-14(9)16(19)20)15-12-5-4-11(18)7-13(12)23-17(2,3)22-15/h4-8,16H,1-3H3. The van der Waals surface area contributed by atoms with Gasteiger partial charge in [-0.1, -0.05) is 0 Å². The van der Waals surface area contributed by atoms with E-state index in [0.29, 0.717) is 28.2 Å². The summed E-state index contributed by atoms with van der Waals surface area (Å²) < 4.78 is 44.9. The van der Waals surface area contributed by atoms with Crippen LogP contribution < -0.4 is 4.74 Å². The zero-order valence-corrected chi connectivity index (χ0v) is 12.9. The molecule has 0 unspecified atom stereocenters. The molecule has 0 atom stereocenters. The zero-order chi connectivity index (χ0) is 16.8. The Balaban J connectivity index is 2.15. The Kier molecular flexibility index (Phi) is 3.62. The molecule has 1 aromatic heterocycles. The summed E-state index contributed by atoms with van der Waals surface area (Å²) in [5, 5.41) is 0. The van der Waals surface area contributed by atoms with E-state index in [-0.39, 0.29) is 5.69 Å². The fraction of sp³-hybridized carbons (Fsp3) is 0.294. The van der Waals surface area contributed by atoms with Gasteiger partial charge in [-0.3, -0.25) is 4.98 Å². The molecule has 23 heavy (non-hydrogen) atoms. The van der Waals surface area contributed by atoms with Gasteiger partial charge in [0, 0.05) is 23.4 Å². The van der Waals surface area contributed by atoms with Crippen LogP contribution in [0.15, 0.2) is 35.5 Å². The van der Waals surface area contributed by atoms with E-state index in [4.69, 9.17) is 4.74 Å². The highest BCUT2D eigenvalue weighted by Crippen LogP contribution is 2.33. The van der Waals surface area contributed by atoms with Crippen molar-refractivity contribution in [2.75, 3.05) is 0 Å². The van der Waals surface area contributed by atoms with Crippen molar-refractivity contribution in [2.45, 2.75) is 32.9 Å². The second-order valence-corrected chi connectivity index (χ2v) is 5.88. The van der Waals surface area contributed by atoms with Gasteiger partial charge < -0.3 is 4.74 Å². The SMILES string of the molecule is Cc1cc(C2=NC(C)(C)Oc3cc(F)ccc32)cnc1C(F)F. The third-order valence-electron chi connectivity index (χ3n) is 3.54. The Labute approximate surface area is 131 Å². The molecule has 2 aromatic rings. The largest absolute Gasteiger partial charge is 0.466 e. The molecule has 2 heterocycles. The third kappa shape index (κ3) is 2.93. The van der Waals surface area contributed by atoms with Crippen LogP contribution in [0.3, 0.4) is 0 Å². The quantitative estimate of drug-likeness (QED) is 0.820. The van der Waals surface area contributed by atoms with E-state index < -0.39 is 18.0 Å². The van der Waals surface area contributed by atoms with Crippen LogP contribution in [-0.2, 0) is 0 Å². The summed E-state index contributed by atoms with van der Waals surface area (Å²) in [4.78, 5) is 8.36. The first-order valence-electron chi connectivity index (χ1n) is 7.11. The average molecular weight is 320 g/mol. The van der Waals surface area contributed by atoms with Crippen molar-refractivity contribution in [3.8, 4) is 5.75 Å². The topological polar surface area (TPSA) is 34.5 Å². The van der Waals surface area contributed by atoms with Gasteiger partial charge in [0.05, 0.1) is 5.71 Å². The molecule has 0 N–H and O–H groups in total. The highest BCUT2D eigenvalue weighted by Gasteiger charge is 2.29. The van der Waals surface area contributed by atoms with E-state index in [0.717, 1.165) is 0 Å². The molecule has 0 fully saturated rings. The number of pyridine rings is 1. The van der Waals surface area contributed by atoms with Gasteiger partial charge in [-0.05, 0) is 44.5 Å². The average Bonchev–Trinajstić information content (AvgIpc) is 2.44. The first-order valence-corrected chi connectivity index (χ1v) is 7.11. The molecule has 1 aliphatic heterocycles. The van der Waals surface area contributed by atoms with Crippen molar-refractivity contribution < 1.29 is 17.9 Å². The number of aliphatic imine (C=N–C) groups is 1. The molecule has 0 amide bonds. The minimum Gasteiger partial charge on any atom is -0.466 e. The monoisotopic (exact) mass is 320 g/mol. The highest BCUT2D eigenvalue weighted by molar-refractivity contribution is 6.15. The Morgan fingerprint density at radius 2 is 1.91 bits per heavy atom. The maximum absolute atomic E-state index is 13.5.